The lowest BCUT2D eigenvalue weighted by atomic mass is 9.89. The molecule has 3 heterocycles. The number of aromatic nitrogens is 2. The van der Waals surface area contributed by atoms with Crippen LogP contribution in [0.4, 0.5) is 5.82 Å². The molecule has 1 fully saturated rings. The van der Waals surface area contributed by atoms with E-state index in [1.807, 2.05) is 26.0 Å². The van der Waals surface area contributed by atoms with E-state index < -0.39 is 0 Å². The van der Waals surface area contributed by atoms with Crippen molar-refractivity contribution < 1.29 is 9.59 Å². The van der Waals surface area contributed by atoms with E-state index in [1.54, 1.807) is 29.4 Å². The van der Waals surface area contributed by atoms with Gasteiger partial charge in [-0.3, -0.25) is 14.6 Å². The molecule has 0 bridgehead atoms. The van der Waals surface area contributed by atoms with Gasteiger partial charge in [-0.1, -0.05) is 13.8 Å². The van der Waals surface area contributed by atoms with E-state index in [0.29, 0.717) is 36.8 Å². The van der Waals surface area contributed by atoms with Crippen molar-refractivity contribution in [2.45, 2.75) is 33.1 Å². The SMILES string of the molecule is CC(C)CC(=O)[C@@H]1CCCN(C(=O)c2ccc(-c3ccc(N)nc3)nc2)C1. The lowest BCUT2D eigenvalue weighted by molar-refractivity contribution is -0.124. The molecule has 0 aliphatic carbocycles. The van der Waals surface area contributed by atoms with Crippen LogP contribution >= 0.6 is 0 Å². The van der Waals surface area contributed by atoms with E-state index in [1.165, 1.54) is 0 Å². The number of Topliss-reactive ketones (excluding diaryl/α,β-unsaturated/α-hetero) is 1. The Morgan fingerprint density at radius 2 is 2.00 bits per heavy atom. The zero-order valence-corrected chi connectivity index (χ0v) is 15.9. The smallest absolute Gasteiger partial charge is 0.255 e. The fraction of sp³-hybridized carbons (Fsp3) is 0.429. The number of anilines is 1. The Bertz CT molecular complexity index is 800. The number of hydrogen-bond donors (Lipinski definition) is 1. The van der Waals surface area contributed by atoms with Gasteiger partial charge in [-0.05, 0) is 43.0 Å². The van der Waals surface area contributed by atoms with Crippen LogP contribution in [0.1, 0.15) is 43.5 Å². The second-order valence-electron chi connectivity index (χ2n) is 7.56. The number of nitrogens with two attached hydrogens (primary N) is 1. The molecular weight excluding hydrogens is 340 g/mol. The molecule has 3 rings (SSSR count). The summed E-state index contributed by atoms with van der Waals surface area (Å²) >= 11 is 0. The molecule has 1 saturated heterocycles. The summed E-state index contributed by atoms with van der Waals surface area (Å²) in [6.45, 7) is 5.29. The highest BCUT2D eigenvalue weighted by atomic mass is 16.2. The molecular formula is C21H26N4O2. The van der Waals surface area contributed by atoms with Crippen LogP contribution in [0.5, 0.6) is 0 Å². The topological polar surface area (TPSA) is 89.2 Å². The first-order chi connectivity index (χ1) is 12.9. The Balaban J connectivity index is 1.68. The number of likely N-dealkylation sites (tertiary alicyclic amines) is 1. The number of nitrogen functional groups attached to an aromatic ring is 1. The largest absolute Gasteiger partial charge is 0.384 e. The van der Waals surface area contributed by atoms with Gasteiger partial charge in [0.1, 0.15) is 11.6 Å². The minimum atomic E-state index is -0.0634. The number of piperidine rings is 1. The van der Waals surface area contributed by atoms with Crippen molar-refractivity contribution in [2.75, 3.05) is 18.8 Å². The van der Waals surface area contributed by atoms with Crippen LogP contribution in [0.2, 0.25) is 0 Å². The normalized spacial score (nSPS) is 17.1. The van der Waals surface area contributed by atoms with Crippen LogP contribution < -0.4 is 5.73 Å². The van der Waals surface area contributed by atoms with E-state index in [9.17, 15) is 9.59 Å². The number of ketones is 1. The van der Waals surface area contributed by atoms with Crippen LogP contribution in [0, 0.1) is 11.8 Å². The molecule has 1 amide bonds. The highest BCUT2D eigenvalue weighted by molar-refractivity contribution is 5.94. The monoisotopic (exact) mass is 366 g/mol. The third kappa shape index (κ3) is 4.70. The van der Waals surface area contributed by atoms with Crippen LogP contribution in [0.3, 0.4) is 0 Å². The van der Waals surface area contributed by atoms with Gasteiger partial charge in [-0.15, -0.1) is 0 Å². The Kier molecular flexibility index (Phi) is 5.84. The van der Waals surface area contributed by atoms with Crippen molar-refractivity contribution in [3.05, 3.63) is 42.2 Å². The molecule has 1 atom stereocenters. The van der Waals surface area contributed by atoms with Gasteiger partial charge in [-0.2, -0.15) is 0 Å². The maximum atomic E-state index is 12.8. The van der Waals surface area contributed by atoms with Crippen molar-refractivity contribution in [3.8, 4) is 11.3 Å². The molecule has 2 aromatic heterocycles. The van der Waals surface area contributed by atoms with Crippen molar-refractivity contribution in [1.82, 2.24) is 14.9 Å². The van der Waals surface area contributed by atoms with Gasteiger partial charge >= 0.3 is 0 Å². The number of carbonyl (C=O) groups is 2. The molecule has 0 saturated carbocycles. The van der Waals surface area contributed by atoms with E-state index in [2.05, 4.69) is 9.97 Å². The Hall–Kier alpha value is -2.76. The molecule has 0 spiro atoms. The number of pyridine rings is 2. The number of amides is 1. The standard InChI is InChI=1S/C21H26N4O2/c1-14(2)10-19(26)17-4-3-9-25(13-17)21(27)16-5-7-18(23-12-16)15-6-8-20(22)24-11-15/h5-8,11-12,14,17H,3-4,9-10,13H2,1-2H3,(H2,22,24)/t17-/m1/s1. The predicted molar refractivity (Wildman–Crippen MR) is 105 cm³/mol. The van der Waals surface area contributed by atoms with Gasteiger partial charge in [0.15, 0.2) is 0 Å². The Labute approximate surface area is 159 Å². The summed E-state index contributed by atoms with van der Waals surface area (Å²) in [7, 11) is 0. The zero-order valence-electron chi connectivity index (χ0n) is 15.9. The Morgan fingerprint density at radius 1 is 1.19 bits per heavy atom. The molecule has 0 radical (unpaired) electrons. The number of carbonyl (C=O) groups excluding carboxylic acids is 2. The van der Waals surface area contributed by atoms with E-state index in [0.717, 1.165) is 24.1 Å². The quantitative estimate of drug-likeness (QED) is 0.878. The molecule has 1 aliphatic heterocycles. The molecule has 1 aliphatic rings. The van der Waals surface area contributed by atoms with Crippen molar-refractivity contribution in [3.63, 3.8) is 0 Å². The number of rotatable bonds is 5. The van der Waals surface area contributed by atoms with Crippen LogP contribution in [-0.4, -0.2) is 39.6 Å². The summed E-state index contributed by atoms with van der Waals surface area (Å²) in [4.78, 5) is 35.4. The summed E-state index contributed by atoms with van der Waals surface area (Å²) in [5, 5.41) is 0. The maximum Gasteiger partial charge on any atom is 0.255 e. The predicted octanol–water partition coefficient (Wildman–Crippen LogP) is 3.19. The highest BCUT2D eigenvalue weighted by Gasteiger charge is 2.29. The molecule has 27 heavy (non-hydrogen) atoms. The fourth-order valence-corrected chi connectivity index (χ4v) is 3.42. The minimum Gasteiger partial charge on any atom is -0.384 e. The summed E-state index contributed by atoms with van der Waals surface area (Å²) in [6, 6.07) is 7.16. The highest BCUT2D eigenvalue weighted by Crippen LogP contribution is 2.23. The summed E-state index contributed by atoms with van der Waals surface area (Å²) in [5.74, 6) is 0.969. The van der Waals surface area contributed by atoms with Gasteiger partial charge in [0.2, 0.25) is 0 Å². The number of hydrogen-bond acceptors (Lipinski definition) is 5. The van der Waals surface area contributed by atoms with Crippen LogP contribution in [-0.2, 0) is 4.79 Å². The maximum absolute atomic E-state index is 12.8. The molecule has 142 valence electrons. The average Bonchev–Trinajstić information content (AvgIpc) is 2.68. The summed E-state index contributed by atoms with van der Waals surface area (Å²) in [5.41, 5.74) is 7.73. The molecule has 6 nitrogen and oxygen atoms in total. The van der Waals surface area contributed by atoms with E-state index in [4.69, 9.17) is 5.73 Å². The number of nitrogens with zero attached hydrogens (tertiary/aromatic N) is 3. The van der Waals surface area contributed by atoms with Crippen molar-refractivity contribution in [1.29, 1.82) is 0 Å². The first kappa shape index (κ1) is 19.0. The van der Waals surface area contributed by atoms with Crippen LogP contribution in [0.15, 0.2) is 36.7 Å². The third-order valence-electron chi connectivity index (χ3n) is 4.87. The van der Waals surface area contributed by atoms with Gasteiger partial charge in [-0.25, -0.2) is 4.98 Å². The average molecular weight is 366 g/mol. The van der Waals surface area contributed by atoms with Gasteiger partial charge in [0.25, 0.3) is 5.91 Å². The van der Waals surface area contributed by atoms with Gasteiger partial charge in [0.05, 0.1) is 11.3 Å². The second-order valence-corrected chi connectivity index (χ2v) is 7.56. The van der Waals surface area contributed by atoms with Crippen molar-refractivity contribution in [2.24, 2.45) is 11.8 Å². The Morgan fingerprint density at radius 3 is 2.63 bits per heavy atom. The van der Waals surface area contributed by atoms with Crippen molar-refractivity contribution >= 4 is 17.5 Å². The first-order valence-electron chi connectivity index (χ1n) is 9.44. The van der Waals surface area contributed by atoms with Crippen LogP contribution in [0.25, 0.3) is 11.3 Å². The van der Waals surface area contributed by atoms with Gasteiger partial charge < -0.3 is 10.6 Å². The zero-order chi connectivity index (χ0) is 19.4. The fourth-order valence-electron chi connectivity index (χ4n) is 3.42. The molecule has 0 aromatic carbocycles. The molecule has 2 aromatic rings. The van der Waals surface area contributed by atoms with E-state index in [-0.39, 0.29) is 17.6 Å². The van der Waals surface area contributed by atoms with E-state index >= 15 is 0 Å². The van der Waals surface area contributed by atoms with Gasteiger partial charge in [0, 0.05) is 43.4 Å². The molecule has 2 N–H and O–H groups in total. The summed E-state index contributed by atoms with van der Waals surface area (Å²) in [6.07, 6.45) is 5.57. The lowest BCUT2D eigenvalue weighted by Crippen LogP contribution is -2.42. The second kappa shape index (κ2) is 8.29. The third-order valence-corrected chi connectivity index (χ3v) is 4.87. The molecule has 6 heteroatoms. The minimum absolute atomic E-state index is 0.0433. The molecule has 0 unspecified atom stereocenters. The lowest BCUT2D eigenvalue weighted by Gasteiger charge is -2.32. The summed E-state index contributed by atoms with van der Waals surface area (Å²) < 4.78 is 0. The first-order valence-corrected chi connectivity index (χ1v) is 9.44.